The van der Waals surface area contributed by atoms with Gasteiger partial charge in [-0.05, 0) is 64.4 Å². The standard InChI is InChI=1S/C49H30N4S/c1-2-11-34-28-35(25-22-31(34)10-1)32-20-23-33(24-21-32)47-50-48(52-49(51-47)37-26-27-42-41-16-5-8-19-45(41)54-46(42)30-37)36-12-9-13-38(29-36)53-43-17-6-3-14-39(43)40-15-4-7-18-44(40)53/h1-30H. The number of fused-ring (bicyclic) bond motifs is 7. The topological polar surface area (TPSA) is 43.6 Å². The van der Waals surface area contributed by atoms with Crippen LogP contribution in [0.4, 0.5) is 0 Å². The van der Waals surface area contributed by atoms with E-state index in [1.54, 1.807) is 11.3 Å². The number of rotatable bonds is 5. The molecular formula is C49H30N4S. The van der Waals surface area contributed by atoms with Crippen LogP contribution < -0.4 is 0 Å². The van der Waals surface area contributed by atoms with E-state index in [0.717, 1.165) is 39.0 Å². The van der Waals surface area contributed by atoms with E-state index >= 15 is 0 Å². The third-order valence-corrected chi connectivity index (χ3v) is 11.6. The fourth-order valence-electron chi connectivity index (χ4n) is 7.79. The maximum atomic E-state index is 5.17. The van der Waals surface area contributed by atoms with E-state index in [1.165, 1.54) is 47.3 Å². The lowest BCUT2D eigenvalue weighted by Gasteiger charge is -2.12. The molecule has 0 aliphatic heterocycles. The van der Waals surface area contributed by atoms with Gasteiger partial charge in [-0.1, -0.05) is 140 Å². The Morgan fingerprint density at radius 3 is 1.65 bits per heavy atom. The van der Waals surface area contributed by atoms with Gasteiger partial charge < -0.3 is 4.57 Å². The van der Waals surface area contributed by atoms with E-state index in [-0.39, 0.29) is 0 Å². The Morgan fingerprint density at radius 2 is 0.889 bits per heavy atom. The second-order valence-electron chi connectivity index (χ2n) is 13.7. The van der Waals surface area contributed by atoms with Crippen molar-refractivity contribution >= 4 is 64.1 Å². The number of hydrogen-bond donors (Lipinski definition) is 0. The van der Waals surface area contributed by atoms with Crippen LogP contribution in [0.3, 0.4) is 0 Å². The highest BCUT2D eigenvalue weighted by Gasteiger charge is 2.17. The summed E-state index contributed by atoms with van der Waals surface area (Å²) in [5.74, 6) is 1.92. The Kier molecular flexibility index (Phi) is 7.00. The minimum Gasteiger partial charge on any atom is -0.309 e. The van der Waals surface area contributed by atoms with Crippen LogP contribution in [0, 0.1) is 0 Å². The van der Waals surface area contributed by atoms with Crippen molar-refractivity contribution in [2.75, 3.05) is 0 Å². The molecule has 0 aliphatic rings. The molecule has 3 aromatic heterocycles. The largest absolute Gasteiger partial charge is 0.309 e. The molecule has 0 saturated carbocycles. The smallest absolute Gasteiger partial charge is 0.164 e. The van der Waals surface area contributed by atoms with Crippen LogP contribution in [0.5, 0.6) is 0 Å². The van der Waals surface area contributed by atoms with Crippen LogP contribution in [0.25, 0.3) is 104 Å². The molecule has 11 rings (SSSR count). The predicted octanol–water partition coefficient (Wildman–Crippen LogP) is 13.2. The minimum absolute atomic E-state index is 0.632. The molecule has 0 N–H and O–H groups in total. The Bertz CT molecular complexity index is 3170. The monoisotopic (exact) mass is 706 g/mol. The molecule has 8 aromatic carbocycles. The molecule has 0 saturated heterocycles. The van der Waals surface area contributed by atoms with Crippen molar-refractivity contribution in [3.8, 4) is 51.0 Å². The second-order valence-corrected chi connectivity index (χ2v) is 14.8. The molecule has 0 amide bonds. The Balaban J connectivity index is 1.06. The maximum Gasteiger partial charge on any atom is 0.164 e. The van der Waals surface area contributed by atoms with Crippen molar-refractivity contribution in [2.24, 2.45) is 0 Å². The van der Waals surface area contributed by atoms with Crippen molar-refractivity contribution in [1.82, 2.24) is 19.5 Å². The summed E-state index contributed by atoms with van der Waals surface area (Å²) in [6.45, 7) is 0. The number of benzene rings is 8. The van der Waals surface area contributed by atoms with Crippen LogP contribution in [0.1, 0.15) is 0 Å². The summed E-state index contributed by atoms with van der Waals surface area (Å²) in [5, 5.41) is 7.44. The van der Waals surface area contributed by atoms with Gasteiger partial charge in [-0.15, -0.1) is 11.3 Å². The Morgan fingerprint density at radius 1 is 0.333 bits per heavy atom. The molecule has 54 heavy (non-hydrogen) atoms. The van der Waals surface area contributed by atoms with Crippen LogP contribution in [0.15, 0.2) is 182 Å². The maximum absolute atomic E-state index is 5.17. The van der Waals surface area contributed by atoms with E-state index < -0.39 is 0 Å². The van der Waals surface area contributed by atoms with Crippen molar-refractivity contribution < 1.29 is 0 Å². The number of hydrogen-bond acceptors (Lipinski definition) is 4. The van der Waals surface area contributed by atoms with Crippen LogP contribution >= 0.6 is 11.3 Å². The second kappa shape index (κ2) is 12.3. The molecule has 0 spiro atoms. The van der Waals surface area contributed by atoms with Crippen molar-refractivity contribution in [3.63, 3.8) is 0 Å². The number of para-hydroxylation sites is 2. The van der Waals surface area contributed by atoms with Gasteiger partial charge >= 0.3 is 0 Å². The first kappa shape index (κ1) is 30.7. The van der Waals surface area contributed by atoms with Gasteiger partial charge in [0.2, 0.25) is 0 Å². The first-order chi connectivity index (χ1) is 26.7. The van der Waals surface area contributed by atoms with Gasteiger partial charge in [-0.2, -0.15) is 0 Å². The molecule has 0 atom stereocenters. The van der Waals surface area contributed by atoms with Gasteiger partial charge in [-0.3, -0.25) is 0 Å². The number of aromatic nitrogens is 4. The average molecular weight is 707 g/mol. The zero-order valence-corrected chi connectivity index (χ0v) is 29.8. The highest BCUT2D eigenvalue weighted by Crippen LogP contribution is 2.37. The fraction of sp³-hybridized carbons (Fsp3) is 0. The fourth-order valence-corrected chi connectivity index (χ4v) is 8.94. The van der Waals surface area contributed by atoms with Crippen molar-refractivity contribution in [2.45, 2.75) is 0 Å². The quantitative estimate of drug-likeness (QED) is 0.179. The zero-order valence-electron chi connectivity index (χ0n) is 29.0. The highest BCUT2D eigenvalue weighted by molar-refractivity contribution is 7.25. The highest BCUT2D eigenvalue weighted by atomic mass is 32.1. The summed E-state index contributed by atoms with van der Waals surface area (Å²) in [4.78, 5) is 15.5. The lowest BCUT2D eigenvalue weighted by Crippen LogP contribution is -2.01. The molecule has 5 heteroatoms. The zero-order chi connectivity index (χ0) is 35.6. The number of thiophene rings is 1. The van der Waals surface area contributed by atoms with E-state index in [4.69, 9.17) is 15.0 Å². The minimum atomic E-state index is 0.632. The molecule has 4 nitrogen and oxygen atoms in total. The summed E-state index contributed by atoms with van der Waals surface area (Å²) in [6.07, 6.45) is 0. The third kappa shape index (κ3) is 5.09. The Labute approximate surface area is 315 Å². The van der Waals surface area contributed by atoms with Gasteiger partial charge in [0, 0.05) is 53.3 Å². The third-order valence-electron chi connectivity index (χ3n) is 10.4. The molecule has 0 radical (unpaired) electrons. The van der Waals surface area contributed by atoms with Crippen molar-refractivity contribution in [1.29, 1.82) is 0 Å². The van der Waals surface area contributed by atoms with Gasteiger partial charge in [0.1, 0.15) is 0 Å². The molecule has 0 fully saturated rings. The number of nitrogens with zero attached hydrogens (tertiary/aromatic N) is 4. The molecule has 3 heterocycles. The molecule has 252 valence electrons. The normalized spacial score (nSPS) is 11.7. The predicted molar refractivity (Wildman–Crippen MR) is 226 cm³/mol. The van der Waals surface area contributed by atoms with Crippen molar-refractivity contribution in [3.05, 3.63) is 182 Å². The van der Waals surface area contributed by atoms with Crippen LogP contribution in [-0.4, -0.2) is 19.5 Å². The van der Waals surface area contributed by atoms with Gasteiger partial charge in [0.25, 0.3) is 0 Å². The van der Waals surface area contributed by atoms with E-state index in [9.17, 15) is 0 Å². The summed E-state index contributed by atoms with van der Waals surface area (Å²) in [5.41, 5.74) is 8.53. The summed E-state index contributed by atoms with van der Waals surface area (Å²) in [6, 6.07) is 64.5. The molecular weight excluding hydrogens is 677 g/mol. The van der Waals surface area contributed by atoms with Gasteiger partial charge in [0.05, 0.1) is 11.0 Å². The van der Waals surface area contributed by atoms with E-state index in [2.05, 4.69) is 187 Å². The average Bonchev–Trinajstić information content (AvgIpc) is 3.79. The SMILES string of the molecule is c1cc(-c2nc(-c3ccc(-c4ccc5ccccc5c4)cc3)nc(-c3ccc4c(c3)sc3ccccc34)n2)cc(-n2c3ccccc3c3ccccc32)c1. The van der Waals surface area contributed by atoms with Gasteiger partial charge in [0.15, 0.2) is 17.5 Å². The van der Waals surface area contributed by atoms with E-state index in [0.29, 0.717) is 17.5 Å². The lowest BCUT2D eigenvalue weighted by atomic mass is 10.00. The summed E-state index contributed by atoms with van der Waals surface area (Å²) < 4.78 is 4.82. The van der Waals surface area contributed by atoms with E-state index in [1.807, 2.05) is 0 Å². The Hall–Kier alpha value is -6.95. The lowest BCUT2D eigenvalue weighted by molar-refractivity contribution is 1.07. The summed E-state index contributed by atoms with van der Waals surface area (Å²) >= 11 is 1.80. The first-order valence-corrected chi connectivity index (χ1v) is 18.9. The molecule has 0 aliphatic carbocycles. The van der Waals surface area contributed by atoms with Crippen LogP contribution in [-0.2, 0) is 0 Å². The van der Waals surface area contributed by atoms with Crippen LogP contribution in [0.2, 0.25) is 0 Å². The van der Waals surface area contributed by atoms with Gasteiger partial charge in [-0.25, -0.2) is 15.0 Å². The molecule has 0 bridgehead atoms. The molecule has 11 aromatic rings. The first-order valence-electron chi connectivity index (χ1n) is 18.1. The summed E-state index contributed by atoms with van der Waals surface area (Å²) in [7, 11) is 0. The molecule has 0 unspecified atom stereocenters.